The van der Waals surface area contributed by atoms with E-state index in [2.05, 4.69) is 13.2 Å². The predicted molar refractivity (Wildman–Crippen MR) is 141 cm³/mol. The van der Waals surface area contributed by atoms with Gasteiger partial charge < -0.3 is 33.2 Å². The highest BCUT2D eigenvalue weighted by atomic mass is 16.7. The van der Waals surface area contributed by atoms with E-state index in [9.17, 15) is 28.8 Å². The van der Waals surface area contributed by atoms with Crippen molar-refractivity contribution in [3.8, 4) is 0 Å². The number of hydrogen-bond donors (Lipinski definition) is 0. The highest BCUT2D eigenvalue weighted by Gasteiger charge is 2.38. The summed E-state index contributed by atoms with van der Waals surface area (Å²) in [6.45, 7) is 8.20. The fourth-order valence-electron chi connectivity index (χ4n) is 3.49. The lowest BCUT2D eigenvalue weighted by molar-refractivity contribution is -0.230. The van der Waals surface area contributed by atoms with Crippen molar-refractivity contribution in [3.63, 3.8) is 0 Å². The van der Waals surface area contributed by atoms with E-state index >= 15 is 0 Å². The molecule has 1 fully saturated rings. The zero-order chi connectivity index (χ0) is 30.5. The summed E-state index contributed by atoms with van der Waals surface area (Å²) < 4.78 is 36.5. The third-order valence-corrected chi connectivity index (χ3v) is 5.57. The Kier molecular flexibility index (Phi) is 18.1. The zero-order valence-corrected chi connectivity index (χ0v) is 23.5. The first-order chi connectivity index (χ1) is 19.6. The van der Waals surface area contributed by atoms with Gasteiger partial charge in [0, 0.05) is 38.3 Å². The number of carbonyl (C=O) groups is 6. The first kappa shape index (κ1) is 35.3. The SMILES string of the molecule is C=CC(=O)OCCCCC(=O)O[C@@H]1COC(OC(=O)CCCCOC(C)=O)C[C@H]1OC(=O)CCCCOC(=O)C=C. The van der Waals surface area contributed by atoms with Crippen LogP contribution in [0.25, 0.3) is 0 Å². The van der Waals surface area contributed by atoms with Crippen LogP contribution in [0.1, 0.15) is 71.1 Å². The van der Waals surface area contributed by atoms with Crippen molar-refractivity contribution in [2.75, 3.05) is 26.4 Å². The Bertz CT molecular complexity index is 897. The van der Waals surface area contributed by atoms with E-state index in [0.717, 1.165) is 12.2 Å². The van der Waals surface area contributed by atoms with Crippen molar-refractivity contribution in [3.05, 3.63) is 25.3 Å². The average Bonchev–Trinajstić information content (AvgIpc) is 2.93. The minimum Gasteiger partial charge on any atom is -0.466 e. The maximum Gasteiger partial charge on any atom is 0.330 e. The van der Waals surface area contributed by atoms with Crippen LogP contribution >= 0.6 is 0 Å². The van der Waals surface area contributed by atoms with Gasteiger partial charge in [0.15, 0.2) is 6.10 Å². The Morgan fingerprint density at radius 1 is 0.659 bits per heavy atom. The maximum atomic E-state index is 12.5. The molecule has 230 valence electrons. The Labute approximate surface area is 239 Å². The molecule has 0 radical (unpaired) electrons. The molecule has 1 rings (SSSR count). The number of carbonyl (C=O) groups excluding carboxylic acids is 6. The van der Waals surface area contributed by atoms with E-state index < -0.39 is 54.3 Å². The minimum atomic E-state index is -1.01. The van der Waals surface area contributed by atoms with Gasteiger partial charge in [-0.15, -0.1) is 0 Å². The van der Waals surface area contributed by atoms with Crippen LogP contribution < -0.4 is 0 Å². The van der Waals surface area contributed by atoms with Crippen molar-refractivity contribution in [2.24, 2.45) is 0 Å². The van der Waals surface area contributed by atoms with E-state index in [0.29, 0.717) is 38.5 Å². The number of rotatable bonds is 20. The van der Waals surface area contributed by atoms with Crippen LogP contribution in [-0.2, 0) is 61.9 Å². The first-order valence-corrected chi connectivity index (χ1v) is 13.6. The van der Waals surface area contributed by atoms with Gasteiger partial charge in [0.05, 0.1) is 32.8 Å². The molecule has 0 bridgehead atoms. The highest BCUT2D eigenvalue weighted by Crippen LogP contribution is 2.23. The van der Waals surface area contributed by atoms with Crippen LogP contribution in [0.5, 0.6) is 0 Å². The molecular weight excluding hydrogens is 544 g/mol. The third kappa shape index (κ3) is 17.5. The molecule has 0 aromatic rings. The van der Waals surface area contributed by atoms with E-state index in [1.807, 2.05) is 0 Å². The lowest BCUT2D eigenvalue weighted by Crippen LogP contribution is -2.47. The van der Waals surface area contributed by atoms with Crippen molar-refractivity contribution in [1.29, 1.82) is 0 Å². The molecule has 3 atom stereocenters. The lowest BCUT2D eigenvalue weighted by Gasteiger charge is -2.34. The molecule has 13 heteroatoms. The molecule has 1 unspecified atom stereocenters. The zero-order valence-electron chi connectivity index (χ0n) is 23.5. The van der Waals surface area contributed by atoms with Crippen molar-refractivity contribution in [2.45, 2.75) is 89.6 Å². The predicted octanol–water partition coefficient (Wildman–Crippen LogP) is 2.63. The molecule has 13 nitrogen and oxygen atoms in total. The Morgan fingerprint density at radius 2 is 1.10 bits per heavy atom. The minimum absolute atomic E-state index is 0.0277. The van der Waals surface area contributed by atoms with E-state index in [1.54, 1.807) is 0 Å². The van der Waals surface area contributed by atoms with E-state index in [-0.39, 0.29) is 52.1 Å². The summed E-state index contributed by atoms with van der Waals surface area (Å²) in [6.07, 6.45) is 1.92. The molecule has 41 heavy (non-hydrogen) atoms. The maximum absolute atomic E-state index is 12.5. The summed E-state index contributed by atoms with van der Waals surface area (Å²) in [6, 6.07) is 0. The van der Waals surface area contributed by atoms with Gasteiger partial charge in [-0.2, -0.15) is 0 Å². The second kappa shape index (κ2) is 21.1. The molecular formula is C28H40O13. The second-order valence-corrected chi connectivity index (χ2v) is 9.00. The number of esters is 6. The van der Waals surface area contributed by atoms with Crippen molar-refractivity contribution in [1.82, 2.24) is 0 Å². The lowest BCUT2D eigenvalue weighted by atomic mass is 10.1. The molecule has 0 saturated carbocycles. The summed E-state index contributed by atoms with van der Waals surface area (Å²) >= 11 is 0. The fraction of sp³-hybridized carbons (Fsp3) is 0.643. The second-order valence-electron chi connectivity index (χ2n) is 9.00. The third-order valence-electron chi connectivity index (χ3n) is 5.57. The quantitative estimate of drug-likeness (QED) is 0.0887. The van der Waals surface area contributed by atoms with Gasteiger partial charge in [0.2, 0.25) is 6.29 Å². The fourth-order valence-corrected chi connectivity index (χ4v) is 3.49. The normalized spacial score (nSPS) is 17.8. The molecule has 0 spiro atoms. The molecule has 1 aliphatic heterocycles. The van der Waals surface area contributed by atoms with Gasteiger partial charge in [-0.1, -0.05) is 13.2 Å². The van der Waals surface area contributed by atoms with Gasteiger partial charge in [-0.05, 0) is 38.5 Å². The largest absolute Gasteiger partial charge is 0.466 e. The van der Waals surface area contributed by atoms with Gasteiger partial charge in [-0.25, -0.2) is 9.59 Å². The van der Waals surface area contributed by atoms with Crippen LogP contribution in [0.15, 0.2) is 25.3 Å². The first-order valence-electron chi connectivity index (χ1n) is 13.6. The van der Waals surface area contributed by atoms with Gasteiger partial charge in [0.25, 0.3) is 0 Å². The summed E-state index contributed by atoms with van der Waals surface area (Å²) in [5.74, 6) is -3.16. The van der Waals surface area contributed by atoms with Crippen LogP contribution in [0.3, 0.4) is 0 Å². The van der Waals surface area contributed by atoms with Gasteiger partial charge >= 0.3 is 35.8 Å². The Hall–Kier alpha value is -3.74. The van der Waals surface area contributed by atoms with E-state index in [4.69, 9.17) is 33.2 Å². The molecule has 0 N–H and O–H groups in total. The molecule has 1 heterocycles. The molecule has 1 aliphatic rings. The van der Waals surface area contributed by atoms with Crippen LogP contribution in [0.2, 0.25) is 0 Å². The van der Waals surface area contributed by atoms with Crippen molar-refractivity contribution < 1.29 is 61.9 Å². The Morgan fingerprint density at radius 3 is 1.56 bits per heavy atom. The molecule has 0 aromatic heterocycles. The number of hydrogen-bond acceptors (Lipinski definition) is 13. The smallest absolute Gasteiger partial charge is 0.330 e. The molecule has 0 aliphatic carbocycles. The molecule has 0 aromatic carbocycles. The summed E-state index contributed by atoms with van der Waals surface area (Å²) in [4.78, 5) is 70.0. The van der Waals surface area contributed by atoms with Crippen LogP contribution in [-0.4, -0.2) is 80.7 Å². The van der Waals surface area contributed by atoms with Crippen molar-refractivity contribution >= 4 is 35.8 Å². The van der Waals surface area contributed by atoms with Gasteiger partial charge in [0.1, 0.15) is 6.10 Å². The highest BCUT2D eigenvalue weighted by molar-refractivity contribution is 5.81. The van der Waals surface area contributed by atoms with Crippen LogP contribution in [0, 0.1) is 0 Å². The molecule has 0 amide bonds. The summed E-state index contributed by atoms with van der Waals surface area (Å²) in [5, 5.41) is 0. The topological polar surface area (TPSA) is 167 Å². The Balaban J connectivity index is 2.58. The number of ether oxygens (including phenoxy) is 7. The summed E-state index contributed by atoms with van der Waals surface area (Å²) in [7, 11) is 0. The monoisotopic (exact) mass is 584 g/mol. The average molecular weight is 585 g/mol. The standard InChI is InChI=1S/C28H40O13/c1-4-23(30)36-16-10-7-12-25(32)39-21-18-28(41-27(34)14-6-9-15-35-20(3)29)38-19-22(21)40-26(33)13-8-11-17-37-24(31)5-2/h4-5,21-22,28H,1-2,6-19H2,3H3/t21-,22-,28?/m1/s1. The molecule has 1 saturated heterocycles. The van der Waals surface area contributed by atoms with Crippen LogP contribution in [0.4, 0.5) is 0 Å². The van der Waals surface area contributed by atoms with E-state index in [1.165, 1.54) is 6.92 Å². The van der Waals surface area contributed by atoms with Gasteiger partial charge in [-0.3, -0.25) is 19.2 Å². The number of unbranched alkanes of at least 4 members (excludes halogenated alkanes) is 3. The summed E-state index contributed by atoms with van der Waals surface area (Å²) in [5.41, 5.74) is 0.